The predicted octanol–water partition coefficient (Wildman–Crippen LogP) is 3.60. The quantitative estimate of drug-likeness (QED) is 0.530. The molecular formula is C15H10Cl3N3O2S. The van der Waals surface area contributed by atoms with Crippen LogP contribution in [0.25, 0.3) is 0 Å². The number of hydrogen-bond donors (Lipinski definition) is 3. The van der Waals surface area contributed by atoms with Crippen LogP contribution >= 0.6 is 47.0 Å². The fourth-order valence-electron chi connectivity index (χ4n) is 1.66. The predicted molar refractivity (Wildman–Crippen MR) is 98.6 cm³/mol. The van der Waals surface area contributed by atoms with Gasteiger partial charge in [-0.05, 0) is 54.7 Å². The van der Waals surface area contributed by atoms with Crippen LogP contribution in [-0.2, 0) is 0 Å². The Kier molecular flexibility index (Phi) is 6.39. The molecule has 0 aliphatic rings. The second-order valence-electron chi connectivity index (χ2n) is 4.49. The highest BCUT2D eigenvalue weighted by Crippen LogP contribution is 2.20. The molecule has 2 aromatic rings. The molecule has 0 spiro atoms. The Bertz CT molecular complexity index is 797. The van der Waals surface area contributed by atoms with Crippen LogP contribution in [0.15, 0.2) is 42.5 Å². The maximum Gasteiger partial charge on any atom is 0.271 e. The lowest BCUT2D eigenvalue weighted by Crippen LogP contribution is -2.48. The fraction of sp³-hybridized carbons (Fsp3) is 0. The van der Waals surface area contributed by atoms with E-state index in [1.54, 1.807) is 24.3 Å². The number of rotatable bonds is 2. The summed E-state index contributed by atoms with van der Waals surface area (Å²) in [6, 6.07) is 10.7. The van der Waals surface area contributed by atoms with Gasteiger partial charge in [0.05, 0.1) is 10.6 Å². The Hall–Kier alpha value is -1.86. The van der Waals surface area contributed by atoms with Crippen LogP contribution in [-0.4, -0.2) is 16.9 Å². The molecule has 0 aromatic heterocycles. The minimum absolute atomic E-state index is 0.0756. The van der Waals surface area contributed by atoms with Gasteiger partial charge in [0.2, 0.25) is 0 Å². The summed E-state index contributed by atoms with van der Waals surface area (Å²) in [4.78, 5) is 23.9. The number of amides is 2. The number of nitrogens with one attached hydrogen (secondary N) is 3. The van der Waals surface area contributed by atoms with Gasteiger partial charge in [0.15, 0.2) is 5.11 Å². The van der Waals surface area contributed by atoms with Crippen molar-refractivity contribution < 1.29 is 9.59 Å². The van der Waals surface area contributed by atoms with Gasteiger partial charge < -0.3 is 0 Å². The third-order valence-corrected chi connectivity index (χ3v) is 3.80. The topological polar surface area (TPSA) is 70.2 Å². The van der Waals surface area contributed by atoms with Crippen molar-refractivity contribution in [3.8, 4) is 0 Å². The Balaban J connectivity index is 1.89. The zero-order valence-electron chi connectivity index (χ0n) is 11.9. The van der Waals surface area contributed by atoms with E-state index < -0.39 is 11.8 Å². The van der Waals surface area contributed by atoms with E-state index in [0.29, 0.717) is 15.6 Å². The number of hydrogen-bond acceptors (Lipinski definition) is 3. The van der Waals surface area contributed by atoms with Crippen molar-refractivity contribution >= 4 is 63.9 Å². The number of thiocarbonyl (C=S) groups is 1. The molecule has 0 aliphatic carbocycles. The third-order valence-electron chi connectivity index (χ3n) is 2.80. The molecule has 2 aromatic carbocycles. The zero-order chi connectivity index (χ0) is 17.7. The van der Waals surface area contributed by atoms with Gasteiger partial charge in [0, 0.05) is 15.6 Å². The molecule has 0 unspecified atom stereocenters. The van der Waals surface area contributed by atoms with Crippen molar-refractivity contribution in [1.82, 2.24) is 16.2 Å². The monoisotopic (exact) mass is 401 g/mol. The summed E-state index contributed by atoms with van der Waals surface area (Å²) < 4.78 is 0. The highest BCUT2D eigenvalue weighted by atomic mass is 35.5. The number of benzene rings is 2. The first-order valence-corrected chi connectivity index (χ1v) is 8.03. The molecule has 0 aliphatic heterocycles. The van der Waals surface area contributed by atoms with Crippen LogP contribution in [0.1, 0.15) is 20.7 Å². The SMILES string of the molecule is O=C(NC(=S)NNC(=O)c1ccc(Cl)cc1Cl)c1ccc(Cl)cc1. The number of carbonyl (C=O) groups excluding carboxylic acids is 2. The molecule has 124 valence electrons. The van der Waals surface area contributed by atoms with Crippen molar-refractivity contribution in [2.24, 2.45) is 0 Å². The first kappa shape index (κ1) is 18.5. The normalized spacial score (nSPS) is 9.96. The van der Waals surface area contributed by atoms with Crippen LogP contribution in [0.5, 0.6) is 0 Å². The lowest BCUT2D eigenvalue weighted by Gasteiger charge is -2.11. The maximum atomic E-state index is 12.0. The molecule has 0 saturated carbocycles. The molecule has 3 N–H and O–H groups in total. The van der Waals surface area contributed by atoms with Crippen molar-refractivity contribution in [3.05, 3.63) is 68.7 Å². The van der Waals surface area contributed by atoms with Crippen LogP contribution in [0, 0.1) is 0 Å². The zero-order valence-corrected chi connectivity index (χ0v) is 15.0. The summed E-state index contributed by atoms with van der Waals surface area (Å²) in [6.45, 7) is 0. The summed E-state index contributed by atoms with van der Waals surface area (Å²) in [7, 11) is 0. The van der Waals surface area contributed by atoms with E-state index in [9.17, 15) is 9.59 Å². The largest absolute Gasteiger partial charge is 0.298 e. The van der Waals surface area contributed by atoms with Gasteiger partial charge in [-0.15, -0.1) is 0 Å². The van der Waals surface area contributed by atoms with Crippen molar-refractivity contribution in [1.29, 1.82) is 0 Å². The van der Waals surface area contributed by atoms with Gasteiger partial charge in [0.1, 0.15) is 0 Å². The van der Waals surface area contributed by atoms with E-state index in [2.05, 4.69) is 16.2 Å². The van der Waals surface area contributed by atoms with E-state index in [-0.39, 0.29) is 15.7 Å². The lowest BCUT2D eigenvalue weighted by molar-refractivity contribution is 0.0934. The van der Waals surface area contributed by atoms with E-state index in [1.165, 1.54) is 18.2 Å². The highest BCUT2D eigenvalue weighted by Gasteiger charge is 2.12. The van der Waals surface area contributed by atoms with E-state index in [1.807, 2.05) is 0 Å². The third kappa shape index (κ3) is 5.07. The van der Waals surface area contributed by atoms with Crippen molar-refractivity contribution in [2.75, 3.05) is 0 Å². The Morgan fingerprint density at radius 1 is 0.833 bits per heavy atom. The molecule has 2 rings (SSSR count). The maximum absolute atomic E-state index is 12.0. The average Bonchev–Trinajstić information content (AvgIpc) is 2.53. The van der Waals surface area contributed by atoms with E-state index in [4.69, 9.17) is 47.0 Å². The van der Waals surface area contributed by atoms with Crippen molar-refractivity contribution in [2.45, 2.75) is 0 Å². The first-order valence-electron chi connectivity index (χ1n) is 6.49. The Morgan fingerprint density at radius 2 is 1.46 bits per heavy atom. The van der Waals surface area contributed by atoms with Gasteiger partial charge in [-0.25, -0.2) is 0 Å². The second kappa shape index (κ2) is 8.30. The Labute approximate surface area is 158 Å². The number of hydrazine groups is 1. The molecule has 0 heterocycles. The van der Waals surface area contributed by atoms with Gasteiger partial charge in [-0.2, -0.15) is 0 Å². The molecule has 0 bridgehead atoms. The van der Waals surface area contributed by atoms with Gasteiger partial charge in [-0.1, -0.05) is 34.8 Å². The molecule has 9 heteroatoms. The smallest absolute Gasteiger partial charge is 0.271 e. The highest BCUT2D eigenvalue weighted by molar-refractivity contribution is 7.80. The molecule has 5 nitrogen and oxygen atoms in total. The van der Waals surface area contributed by atoms with Crippen molar-refractivity contribution in [3.63, 3.8) is 0 Å². The average molecular weight is 403 g/mol. The van der Waals surface area contributed by atoms with Gasteiger partial charge in [-0.3, -0.25) is 25.8 Å². The summed E-state index contributed by atoms with van der Waals surface area (Å²) in [5.74, 6) is -0.970. The molecule has 0 fully saturated rings. The summed E-state index contributed by atoms with van der Waals surface area (Å²) in [5.41, 5.74) is 5.33. The minimum atomic E-state index is -0.528. The summed E-state index contributed by atoms with van der Waals surface area (Å²) >= 11 is 22.4. The van der Waals surface area contributed by atoms with Crippen LogP contribution in [0.4, 0.5) is 0 Å². The Morgan fingerprint density at radius 3 is 2.08 bits per heavy atom. The number of carbonyl (C=O) groups is 2. The van der Waals surface area contributed by atoms with Gasteiger partial charge >= 0.3 is 0 Å². The first-order chi connectivity index (χ1) is 11.4. The molecule has 24 heavy (non-hydrogen) atoms. The second-order valence-corrected chi connectivity index (χ2v) is 6.18. The van der Waals surface area contributed by atoms with Crippen LogP contribution < -0.4 is 16.2 Å². The molecule has 2 amide bonds. The van der Waals surface area contributed by atoms with Gasteiger partial charge in [0.25, 0.3) is 11.8 Å². The molecular weight excluding hydrogens is 393 g/mol. The van der Waals surface area contributed by atoms with E-state index in [0.717, 1.165) is 0 Å². The standard InChI is InChI=1S/C15H10Cl3N3O2S/c16-9-3-1-8(2-4-9)13(22)19-15(24)21-20-14(23)11-6-5-10(17)7-12(11)18/h1-7H,(H,20,23)(H2,19,21,22,24). The molecule has 0 saturated heterocycles. The molecule has 0 radical (unpaired) electrons. The fourth-order valence-corrected chi connectivity index (χ4v) is 2.43. The molecule has 0 atom stereocenters. The lowest BCUT2D eigenvalue weighted by atomic mass is 10.2. The minimum Gasteiger partial charge on any atom is -0.298 e. The summed E-state index contributed by atoms with van der Waals surface area (Å²) in [5, 5.41) is 3.46. The summed E-state index contributed by atoms with van der Waals surface area (Å²) in [6.07, 6.45) is 0. The number of halogens is 3. The van der Waals surface area contributed by atoms with E-state index >= 15 is 0 Å². The van der Waals surface area contributed by atoms with Crippen LogP contribution in [0.3, 0.4) is 0 Å². The van der Waals surface area contributed by atoms with Crippen LogP contribution in [0.2, 0.25) is 15.1 Å².